The summed E-state index contributed by atoms with van der Waals surface area (Å²) in [6, 6.07) is 16.3. The van der Waals surface area contributed by atoms with E-state index in [1.54, 1.807) is 12.4 Å². The summed E-state index contributed by atoms with van der Waals surface area (Å²) < 4.78 is 49.3. The molecular formula is C35H35F3N8O3. The van der Waals surface area contributed by atoms with Gasteiger partial charge in [0.25, 0.3) is 5.91 Å². The number of benzene rings is 2. The Balaban J connectivity index is 0.000000142. The van der Waals surface area contributed by atoms with Crippen LogP contribution < -0.4 is 21.3 Å². The zero-order chi connectivity index (χ0) is 33.5. The topological polar surface area (TPSA) is 135 Å². The average Bonchev–Trinajstić information content (AvgIpc) is 3.42. The maximum absolute atomic E-state index is 12.5. The number of alkyl halides is 3. The second-order valence-electron chi connectivity index (χ2n) is 13.1. The van der Waals surface area contributed by atoms with Crippen molar-refractivity contribution in [2.75, 3.05) is 23.7 Å². The molecular weight excluding hydrogens is 637 g/mol. The lowest BCUT2D eigenvalue weighted by atomic mass is 10.0. The largest absolute Gasteiger partial charge is 0.434 e. The van der Waals surface area contributed by atoms with Crippen LogP contribution in [0.5, 0.6) is 0 Å². The van der Waals surface area contributed by atoms with E-state index in [9.17, 15) is 18.0 Å². The number of rotatable bonds is 7. The van der Waals surface area contributed by atoms with Gasteiger partial charge in [0.15, 0.2) is 5.69 Å². The Hall–Kier alpha value is -4.50. The number of nitrogens with one attached hydrogen (secondary N) is 4. The first-order valence-corrected chi connectivity index (χ1v) is 16.5. The lowest BCUT2D eigenvalue weighted by molar-refractivity contribution is -0.141. The van der Waals surface area contributed by atoms with Gasteiger partial charge in [0, 0.05) is 54.9 Å². The molecule has 2 aromatic carbocycles. The highest BCUT2D eigenvalue weighted by molar-refractivity contribution is 6.03. The molecule has 1 amide bonds. The third kappa shape index (κ3) is 7.13. The minimum Gasteiger partial charge on any atom is -0.367 e. The number of nitrogens with zero attached hydrogens (tertiary/aromatic N) is 4. The molecule has 4 N–H and O–H groups in total. The van der Waals surface area contributed by atoms with Crippen LogP contribution in [0.1, 0.15) is 76.8 Å². The Morgan fingerprint density at radius 2 is 1.31 bits per heavy atom. The second kappa shape index (κ2) is 13.1. The Kier molecular flexibility index (Phi) is 8.48. The summed E-state index contributed by atoms with van der Waals surface area (Å²) in [5, 5.41) is 12.7. The van der Waals surface area contributed by atoms with Crippen molar-refractivity contribution in [1.29, 1.82) is 0 Å². The molecule has 1 saturated carbocycles. The predicted molar refractivity (Wildman–Crippen MR) is 173 cm³/mol. The van der Waals surface area contributed by atoms with E-state index in [2.05, 4.69) is 41.2 Å². The Morgan fingerprint density at radius 3 is 1.76 bits per heavy atom. The van der Waals surface area contributed by atoms with Gasteiger partial charge in [-0.15, -0.1) is 0 Å². The molecule has 2 aromatic heterocycles. The smallest absolute Gasteiger partial charge is 0.367 e. The summed E-state index contributed by atoms with van der Waals surface area (Å²) in [6.45, 7) is 1.87. The van der Waals surface area contributed by atoms with E-state index in [1.165, 1.54) is 0 Å². The van der Waals surface area contributed by atoms with E-state index in [4.69, 9.17) is 9.47 Å². The van der Waals surface area contributed by atoms with Crippen molar-refractivity contribution in [3.05, 3.63) is 102 Å². The van der Waals surface area contributed by atoms with Crippen molar-refractivity contribution in [2.24, 2.45) is 0 Å². The summed E-state index contributed by atoms with van der Waals surface area (Å²) >= 11 is 0. The van der Waals surface area contributed by atoms with Gasteiger partial charge in [-0.2, -0.15) is 13.2 Å². The Labute approximate surface area is 280 Å². The molecule has 6 heterocycles. The van der Waals surface area contributed by atoms with Crippen molar-refractivity contribution in [3.8, 4) is 0 Å². The lowest BCUT2D eigenvalue weighted by Crippen LogP contribution is -2.33. The molecule has 6 atom stereocenters. The number of fused-ring (bicyclic) bond motifs is 4. The van der Waals surface area contributed by atoms with Gasteiger partial charge in [-0.1, -0.05) is 24.3 Å². The van der Waals surface area contributed by atoms with E-state index in [1.807, 2.05) is 48.5 Å². The molecule has 4 saturated heterocycles. The highest BCUT2D eigenvalue weighted by Gasteiger charge is 2.42. The number of carbonyl (C=O) groups is 1. The van der Waals surface area contributed by atoms with Crippen molar-refractivity contribution in [2.45, 2.75) is 74.3 Å². The van der Waals surface area contributed by atoms with Gasteiger partial charge in [0.2, 0.25) is 0 Å². The molecule has 11 nitrogen and oxygen atoms in total. The average molecular weight is 673 g/mol. The minimum absolute atomic E-state index is 0.0589. The zero-order valence-corrected chi connectivity index (χ0v) is 26.4. The maximum atomic E-state index is 12.5. The first-order chi connectivity index (χ1) is 23.7. The first kappa shape index (κ1) is 31.7. The van der Waals surface area contributed by atoms with Crippen LogP contribution in [0.3, 0.4) is 0 Å². The zero-order valence-electron chi connectivity index (χ0n) is 26.4. The summed E-state index contributed by atoms with van der Waals surface area (Å²) in [6.07, 6.45) is 5.75. The number of anilines is 3. The monoisotopic (exact) mass is 672 g/mol. The standard InChI is InChI=1S/C19H20N4O2.C16H15F3N4O/c24-19(13-8-21-18(22-9-13)12-1-2-12)23-14-5-3-11(4-6-14)17-16-7-15(25-17)10-20-16;17-16(18,19)13-7-22-14(8-21-13)23-10-3-1-9(2-4-10)15-12-5-11(24-15)6-20-12/h3-6,8-9,12,15-17,20H,1-2,7,10H2,(H,23,24);1-4,7-8,11-12,15,20H,5-6H2,(H,22,23)/t15-,16-,17+;11-,12-,15+/m11/s1. The van der Waals surface area contributed by atoms with Crippen molar-refractivity contribution in [1.82, 2.24) is 30.6 Å². The highest BCUT2D eigenvalue weighted by Crippen LogP contribution is 2.39. The number of morpholine rings is 2. The SMILES string of the molecule is FC(F)(F)c1cnc(Nc2ccc([C@@H]3O[C@H]4CN[C@@H]3C4)cc2)cn1.O=C(Nc1ccc([C@@H]2O[C@H]3CN[C@@H]2C3)cc1)c1cnc(C2CC2)nc1. The van der Waals surface area contributed by atoms with Crippen LogP contribution in [0.15, 0.2) is 73.3 Å². The van der Waals surface area contributed by atoms with E-state index < -0.39 is 11.9 Å². The van der Waals surface area contributed by atoms with Gasteiger partial charge in [-0.05, 0) is 61.1 Å². The lowest BCUT2D eigenvalue weighted by Gasteiger charge is -2.23. The summed E-state index contributed by atoms with van der Waals surface area (Å²) in [5.41, 5.74) is 3.19. The normalized spacial score (nSPS) is 26.7. The van der Waals surface area contributed by atoms with Gasteiger partial charge < -0.3 is 30.7 Å². The maximum Gasteiger partial charge on any atom is 0.434 e. The molecule has 1 aliphatic carbocycles. The molecule has 0 spiro atoms. The van der Waals surface area contributed by atoms with Gasteiger partial charge in [0.05, 0.1) is 42.4 Å². The third-order valence-electron chi connectivity index (χ3n) is 9.49. The van der Waals surface area contributed by atoms with Crippen molar-refractivity contribution < 1.29 is 27.4 Å². The fourth-order valence-corrected chi connectivity index (χ4v) is 6.77. The van der Waals surface area contributed by atoms with Gasteiger partial charge in [-0.25, -0.2) is 19.9 Å². The molecule has 4 bridgehead atoms. The van der Waals surface area contributed by atoms with E-state index in [-0.39, 0.29) is 23.9 Å². The predicted octanol–water partition coefficient (Wildman–Crippen LogP) is 5.45. The molecule has 4 aromatic rings. The van der Waals surface area contributed by atoms with Crippen molar-refractivity contribution in [3.63, 3.8) is 0 Å². The van der Waals surface area contributed by atoms with E-state index in [0.29, 0.717) is 42.0 Å². The fraction of sp³-hybridized carbons (Fsp3) is 0.400. The quantitative estimate of drug-likeness (QED) is 0.201. The second-order valence-corrected chi connectivity index (χ2v) is 13.1. The van der Waals surface area contributed by atoms with Crippen LogP contribution in [-0.4, -0.2) is 63.2 Å². The number of ether oxygens (including phenoxy) is 2. The highest BCUT2D eigenvalue weighted by atomic mass is 19.4. The molecule has 4 aliphatic heterocycles. The minimum atomic E-state index is -4.48. The van der Waals surface area contributed by atoms with Crippen LogP contribution >= 0.6 is 0 Å². The Bertz CT molecular complexity index is 1770. The molecule has 9 rings (SSSR count). The number of carbonyl (C=O) groups excluding carboxylic acids is 1. The summed E-state index contributed by atoms with van der Waals surface area (Å²) in [4.78, 5) is 28.0. The molecule has 254 valence electrons. The van der Waals surface area contributed by atoms with Crippen molar-refractivity contribution >= 4 is 23.1 Å². The van der Waals surface area contributed by atoms with Crippen LogP contribution in [0.2, 0.25) is 0 Å². The molecule has 0 unspecified atom stereocenters. The Morgan fingerprint density at radius 1 is 0.735 bits per heavy atom. The van der Waals surface area contributed by atoms with E-state index in [0.717, 1.165) is 73.3 Å². The molecule has 14 heteroatoms. The fourth-order valence-electron chi connectivity index (χ4n) is 6.77. The van der Waals surface area contributed by atoms with Crippen LogP contribution in [-0.2, 0) is 15.7 Å². The third-order valence-corrected chi connectivity index (χ3v) is 9.49. The van der Waals surface area contributed by atoms with E-state index >= 15 is 0 Å². The summed E-state index contributed by atoms with van der Waals surface area (Å²) in [5.74, 6) is 1.41. The van der Waals surface area contributed by atoms with Gasteiger partial charge >= 0.3 is 6.18 Å². The number of amides is 1. The number of hydrogen-bond acceptors (Lipinski definition) is 10. The van der Waals surface area contributed by atoms with Crippen LogP contribution in [0.25, 0.3) is 0 Å². The molecule has 5 aliphatic rings. The van der Waals surface area contributed by atoms with Crippen LogP contribution in [0, 0.1) is 0 Å². The van der Waals surface area contributed by atoms with Gasteiger partial charge in [-0.3, -0.25) is 4.79 Å². The molecule has 5 fully saturated rings. The number of aromatic nitrogens is 4. The van der Waals surface area contributed by atoms with Crippen LogP contribution in [0.4, 0.5) is 30.4 Å². The van der Waals surface area contributed by atoms with Gasteiger partial charge in [0.1, 0.15) is 11.6 Å². The molecule has 49 heavy (non-hydrogen) atoms. The first-order valence-electron chi connectivity index (χ1n) is 16.5. The molecule has 0 radical (unpaired) electrons. The number of hydrogen-bond donors (Lipinski definition) is 4. The number of halogens is 3. The summed E-state index contributed by atoms with van der Waals surface area (Å²) in [7, 11) is 0.